The van der Waals surface area contributed by atoms with E-state index in [9.17, 15) is 9.59 Å². The lowest BCUT2D eigenvalue weighted by Gasteiger charge is -2.32. The number of alkyl halides is 1. The van der Waals surface area contributed by atoms with Crippen LogP contribution in [0.4, 0.5) is 0 Å². The smallest absolute Gasteiger partial charge is 0.253 e. The van der Waals surface area contributed by atoms with Crippen LogP contribution in [0.5, 0.6) is 0 Å². The van der Waals surface area contributed by atoms with Gasteiger partial charge in [0.05, 0.1) is 34.7 Å². The van der Waals surface area contributed by atoms with E-state index in [4.69, 9.17) is 37.2 Å². The molecule has 2 amide bonds. The molecule has 4 aromatic carbocycles. The van der Waals surface area contributed by atoms with Crippen LogP contribution >= 0.6 is 11.6 Å². The summed E-state index contributed by atoms with van der Waals surface area (Å²) < 4.78 is 0. The second-order valence-corrected chi connectivity index (χ2v) is 19.2. The number of imidazole rings is 2. The summed E-state index contributed by atoms with van der Waals surface area (Å²) in [6.07, 6.45) is 5.27. The predicted molar refractivity (Wildman–Crippen MR) is 289 cm³/mol. The van der Waals surface area contributed by atoms with Gasteiger partial charge >= 0.3 is 0 Å². The van der Waals surface area contributed by atoms with Crippen molar-refractivity contribution in [3.63, 3.8) is 0 Å². The SMILES string of the molecule is CCO.CNC.Cc1ccc(C(=O)N2CCC(c3ccc(C#N)cc3)CC2)cc1-c1nc(CCCl)[nH]c1C.Cc1ccc(C(=O)N2CCC(c3ccc(C#N)cc3)CC2)cc1-c1nc(CCN(C)C)[nH]c1C. The van der Waals surface area contributed by atoms with Crippen molar-refractivity contribution in [2.24, 2.45) is 0 Å². The maximum Gasteiger partial charge on any atom is 0.253 e. The number of nitrogens with one attached hydrogen (secondary N) is 3. The lowest BCUT2D eigenvalue weighted by Crippen LogP contribution is -2.37. The maximum absolute atomic E-state index is 13.3. The molecule has 14 heteroatoms. The van der Waals surface area contributed by atoms with Crippen LogP contribution in [0.3, 0.4) is 0 Å². The van der Waals surface area contributed by atoms with E-state index in [2.05, 4.69) is 53.3 Å². The number of piperidine rings is 2. The zero-order valence-electron chi connectivity index (χ0n) is 43.7. The van der Waals surface area contributed by atoms with Crippen LogP contribution in [0.25, 0.3) is 22.5 Å². The summed E-state index contributed by atoms with van der Waals surface area (Å²) in [5.41, 5.74) is 13.3. The van der Waals surface area contributed by atoms with Gasteiger partial charge in [0.25, 0.3) is 11.8 Å². The third kappa shape index (κ3) is 15.2. The number of aromatic nitrogens is 4. The molecule has 0 radical (unpaired) electrons. The highest BCUT2D eigenvalue weighted by atomic mass is 35.5. The number of nitrogens with zero attached hydrogens (tertiary/aromatic N) is 7. The number of carbonyl (C=O) groups excluding carboxylic acids is 2. The number of halogens is 1. The van der Waals surface area contributed by atoms with Crippen molar-refractivity contribution < 1.29 is 14.7 Å². The molecule has 4 N–H and O–H groups in total. The van der Waals surface area contributed by atoms with E-state index in [1.807, 2.05) is 130 Å². The number of aromatic amines is 2. The molecule has 4 heterocycles. The number of rotatable bonds is 11. The van der Waals surface area contributed by atoms with Crippen LogP contribution in [0.15, 0.2) is 84.9 Å². The minimum atomic E-state index is 0.0682. The van der Waals surface area contributed by atoms with E-state index < -0.39 is 0 Å². The Labute approximate surface area is 432 Å². The first-order chi connectivity index (χ1) is 34.7. The summed E-state index contributed by atoms with van der Waals surface area (Å²) in [6.45, 7) is 14.0. The third-order valence-electron chi connectivity index (χ3n) is 13.1. The molecule has 0 atom stereocenters. The first-order valence-corrected chi connectivity index (χ1v) is 25.5. The highest BCUT2D eigenvalue weighted by Crippen LogP contribution is 2.33. The number of carbonyl (C=O) groups is 2. The molecule has 0 aliphatic carbocycles. The Morgan fingerprint density at radius 2 is 1.04 bits per heavy atom. The molecule has 13 nitrogen and oxygen atoms in total. The van der Waals surface area contributed by atoms with E-state index in [1.165, 1.54) is 11.1 Å². The monoisotopic (exact) mass is 993 g/mol. The summed E-state index contributed by atoms with van der Waals surface area (Å²) >= 11 is 5.87. The van der Waals surface area contributed by atoms with E-state index >= 15 is 0 Å². The normalized spacial score (nSPS) is 13.7. The van der Waals surface area contributed by atoms with Gasteiger partial charge in [-0.1, -0.05) is 36.4 Å². The average molecular weight is 994 g/mol. The second kappa shape index (κ2) is 27.8. The van der Waals surface area contributed by atoms with Gasteiger partial charge in [-0.15, -0.1) is 11.6 Å². The van der Waals surface area contributed by atoms with Crippen LogP contribution < -0.4 is 5.32 Å². The Kier molecular flexibility index (Phi) is 21.8. The number of hydrogen-bond acceptors (Lipinski definition) is 9. The lowest BCUT2D eigenvalue weighted by molar-refractivity contribution is 0.0705. The van der Waals surface area contributed by atoms with Crippen LogP contribution in [0.1, 0.15) is 122 Å². The minimum Gasteiger partial charge on any atom is -0.397 e. The molecule has 2 saturated heterocycles. The molecule has 2 fully saturated rings. The van der Waals surface area contributed by atoms with Crippen molar-refractivity contribution in [3.8, 4) is 34.7 Å². The van der Waals surface area contributed by atoms with E-state index in [0.717, 1.165) is 127 Å². The molecule has 380 valence electrons. The van der Waals surface area contributed by atoms with Crippen molar-refractivity contribution >= 4 is 23.4 Å². The molecule has 2 aliphatic heterocycles. The van der Waals surface area contributed by atoms with Crippen molar-refractivity contribution in [3.05, 3.63) is 152 Å². The number of H-pyrrole nitrogens is 2. The molecule has 72 heavy (non-hydrogen) atoms. The van der Waals surface area contributed by atoms with Crippen LogP contribution in [-0.4, -0.2) is 125 Å². The number of likely N-dealkylation sites (tertiary alicyclic amines) is 2. The molecule has 0 unspecified atom stereocenters. The largest absolute Gasteiger partial charge is 0.397 e. The summed E-state index contributed by atoms with van der Waals surface area (Å²) in [6, 6.07) is 31.9. The summed E-state index contributed by atoms with van der Waals surface area (Å²) in [5, 5.41) is 28.3. The Balaban J connectivity index is 0.000000242. The van der Waals surface area contributed by atoms with E-state index in [1.54, 1.807) is 6.92 Å². The van der Waals surface area contributed by atoms with E-state index in [-0.39, 0.29) is 18.4 Å². The molecule has 0 bridgehead atoms. The second-order valence-electron chi connectivity index (χ2n) is 18.8. The van der Waals surface area contributed by atoms with Crippen molar-refractivity contribution in [2.45, 2.75) is 85.0 Å². The number of hydrogen-bond donors (Lipinski definition) is 4. The van der Waals surface area contributed by atoms with Crippen LogP contribution in [-0.2, 0) is 12.8 Å². The van der Waals surface area contributed by atoms with Gasteiger partial charge in [0.2, 0.25) is 0 Å². The first-order valence-electron chi connectivity index (χ1n) is 25.0. The standard InChI is InChI=1S/C28H33N5O.C26H27ClN4O.C2H7N.C2H6O/c1-19-5-8-24(17-25(19)27-20(2)30-26(31-27)13-14-32(3)4)28(34)33-15-11-23(12-16-33)22-9-6-21(18-29)7-10-22;1-17-3-6-22(15-23(17)25-18(2)29-24(30-25)9-12-27)26(32)31-13-10-21(11-14-31)20-7-4-19(16-28)5-8-20;1-3-2;1-2-3/h5-10,17,23H,11-16H2,1-4H3,(H,30,31);3-8,15,21H,9-14H2,1-2H3,(H,29,30);3H,1-2H3;3H,2H2,1H3. The molecule has 8 rings (SSSR count). The fourth-order valence-corrected chi connectivity index (χ4v) is 9.28. The van der Waals surface area contributed by atoms with Gasteiger partial charge in [-0.3, -0.25) is 9.59 Å². The number of amides is 2. The van der Waals surface area contributed by atoms with E-state index in [0.29, 0.717) is 40.8 Å². The van der Waals surface area contributed by atoms with Crippen molar-refractivity contribution in [1.29, 1.82) is 10.5 Å². The van der Waals surface area contributed by atoms with Crippen LogP contribution in [0.2, 0.25) is 0 Å². The molecule has 0 spiro atoms. The molecular weight excluding hydrogens is 920 g/mol. The molecule has 2 aliphatic rings. The third-order valence-corrected chi connectivity index (χ3v) is 13.2. The Morgan fingerprint density at radius 3 is 1.38 bits per heavy atom. The van der Waals surface area contributed by atoms with Crippen LogP contribution in [0, 0.1) is 50.4 Å². The first kappa shape index (κ1) is 56.3. The summed E-state index contributed by atoms with van der Waals surface area (Å²) in [4.78, 5) is 49.0. The molecule has 0 saturated carbocycles. The number of aliphatic hydroxyl groups excluding tert-OH is 1. The number of aryl methyl sites for hydroxylation is 5. The summed E-state index contributed by atoms with van der Waals surface area (Å²) in [5.74, 6) is 3.36. The maximum atomic E-state index is 13.3. The zero-order valence-corrected chi connectivity index (χ0v) is 44.5. The number of benzene rings is 4. The topological polar surface area (TPSA) is 181 Å². The molecule has 2 aromatic heterocycles. The average Bonchev–Trinajstić information content (AvgIpc) is 3.96. The van der Waals surface area contributed by atoms with Gasteiger partial charge in [-0.25, -0.2) is 9.97 Å². The fourth-order valence-electron chi connectivity index (χ4n) is 9.10. The van der Waals surface area contributed by atoms with Crippen molar-refractivity contribution in [2.75, 3.05) is 73.4 Å². The highest BCUT2D eigenvalue weighted by Gasteiger charge is 2.27. The summed E-state index contributed by atoms with van der Waals surface area (Å²) in [7, 11) is 7.87. The molecule has 6 aromatic rings. The Morgan fingerprint density at radius 1 is 0.681 bits per heavy atom. The zero-order chi connectivity index (χ0) is 52.3. The lowest BCUT2D eigenvalue weighted by atomic mass is 9.88. The quantitative estimate of drug-likeness (QED) is 0.0919. The number of aliphatic hydroxyl groups is 1. The minimum absolute atomic E-state index is 0.0682. The Hall–Kier alpha value is -6.61. The van der Waals surface area contributed by atoms with Gasteiger partial charge in [0, 0.05) is 91.7 Å². The Bertz CT molecular complexity index is 2770. The van der Waals surface area contributed by atoms with Gasteiger partial charge in [-0.2, -0.15) is 10.5 Å². The van der Waals surface area contributed by atoms with Gasteiger partial charge < -0.3 is 35.1 Å². The highest BCUT2D eigenvalue weighted by molar-refractivity contribution is 6.17. The van der Waals surface area contributed by atoms with Gasteiger partial charge in [-0.05, 0) is 171 Å². The molecular formula is C58H73ClN10O3. The van der Waals surface area contributed by atoms with Gasteiger partial charge in [0.15, 0.2) is 0 Å². The number of nitriles is 2. The van der Waals surface area contributed by atoms with Gasteiger partial charge in [0.1, 0.15) is 11.6 Å². The van der Waals surface area contributed by atoms with Crippen molar-refractivity contribution in [1.82, 2.24) is 40.0 Å². The predicted octanol–water partition coefficient (Wildman–Crippen LogP) is 9.89. The number of likely N-dealkylation sites (N-methyl/N-ethyl adjacent to an activating group) is 1. The fraction of sp³-hybridized carbons (Fsp3) is 0.414.